The summed E-state index contributed by atoms with van der Waals surface area (Å²) in [7, 11) is 3.32. The van der Waals surface area contributed by atoms with E-state index in [0.717, 1.165) is 43.6 Å². The van der Waals surface area contributed by atoms with Gasteiger partial charge in [-0.25, -0.2) is 0 Å². The van der Waals surface area contributed by atoms with E-state index in [-0.39, 0.29) is 0 Å². The molecule has 0 radical (unpaired) electrons. The van der Waals surface area contributed by atoms with E-state index in [9.17, 15) is 0 Å². The minimum atomic E-state index is 0.769. The van der Waals surface area contributed by atoms with Crippen molar-refractivity contribution in [2.45, 2.75) is 13.0 Å². The van der Waals surface area contributed by atoms with Gasteiger partial charge < -0.3 is 20.1 Å². The van der Waals surface area contributed by atoms with Gasteiger partial charge in [0, 0.05) is 6.54 Å². The van der Waals surface area contributed by atoms with Crippen molar-refractivity contribution in [2.75, 3.05) is 33.9 Å². The summed E-state index contributed by atoms with van der Waals surface area (Å²) in [6.45, 7) is 4.24. The van der Waals surface area contributed by atoms with Crippen LogP contribution in [0.4, 0.5) is 0 Å². The van der Waals surface area contributed by atoms with Crippen LogP contribution in [0, 0.1) is 5.92 Å². The second kappa shape index (κ2) is 6.61. The molecule has 4 heteroatoms. The summed E-state index contributed by atoms with van der Waals surface area (Å²) in [5.74, 6) is 2.34. The average molecular weight is 250 g/mol. The molecular formula is C14H22N2O2. The lowest BCUT2D eigenvalue weighted by molar-refractivity contribution is 0.354. The topological polar surface area (TPSA) is 42.5 Å². The maximum Gasteiger partial charge on any atom is 0.161 e. The molecule has 1 saturated heterocycles. The second-order valence-electron chi connectivity index (χ2n) is 4.68. The van der Waals surface area contributed by atoms with Crippen LogP contribution in [0.2, 0.25) is 0 Å². The van der Waals surface area contributed by atoms with Crippen molar-refractivity contribution >= 4 is 0 Å². The quantitative estimate of drug-likeness (QED) is 0.801. The molecule has 0 bridgehead atoms. The Morgan fingerprint density at radius 3 is 2.78 bits per heavy atom. The molecule has 1 aromatic rings. The van der Waals surface area contributed by atoms with E-state index in [2.05, 4.69) is 16.7 Å². The van der Waals surface area contributed by atoms with Crippen LogP contribution in [-0.2, 0) is 6.54 Å². The maximum atomic E-state index is 5.29. The summed E-state index contributed by atoms with van der Waals surface area (Å²) in [4.78, 5) is 0. The molecule has 18 heavy (non-hydrogen) atoms. The lowest BCUT2D eigenvalue weighted by Gasteiger charge is -2.12. The van der Waals surface area contributed by atoms with Crippen molar-refractivity contribution in [2.24, 2.45) is 5.92 Å². The van der Waals surface area contributed by atoms with Gasteiger partial charge in [0.05, 0.1) is 14.2 Å². The molecule has 0 aliphatic carbocycles. The normalized spacial score (nSPS) is 18.9. The molecule has 2 rings (SSSR count). The van der Waals surface area contributed by atoms with Crippen molar-refractivity contribution < 1.29 is 9.47 Å². The van der Waals surface area contributed by atoms with Gasteiger partial charge in [-0.3, -0.25) is 0 Å². The molecule has 0 saturated carbocycles. The average Bonchev–Trinajstić information content (AvgIpc) is 2.91. The Bertz CT molecular complexity index is 376. The Kier molecular flexibility index (Phi) is 4.84. The third-order valence-electron chi connectivity index (χ3n) is 3.37. The lowest BCUT2D eigenvalue weighted by Crippen LogP contribution is -2.24. The minimum Gasteiger partial charge on any atom is -0.493 e. The van der Waals surface area contributed by atoms with E-state index in [1.54, 1.807) is 14.2 Å². The molecule has 1 atom stereocenters. The van der Waals surface area contributed by atoms with Crippen molar-refractivity contribution in [1.82, 2.24) is 10.6 Å². The van der Waals surface area contributed by atoms with Crippen molar-refractivity contribution in [3.63, 3.8) is 0 Å². The van der Waals surface area contributed by atoms with Crippen molar-refractivity contribution in [1.29, 1.82) is 0 Å². The van der Waals surface area contributed by atoms with Gasteiger partial charge in [0.25, 0.3) is 0 Å². The molecule has 1 aromatic carbocycles. The summed E-state index contributed by atoms with van der Waals surface area (Å²) >= 11 is 0. The van der Waals surface area contributed by atoms with Crippen molar-refractivity contribution in [3.05, 3.63) is 23.8 Å². The molecular weight excluding hydrogens is 228 g/mol. The Balaban J connectivity index is 1.84. The minimum absolute atomic E-state index is 0.769. The maximum absolute atomic E-state index is 5.29. The van der Waals surface area contributed by atoms with Crippen LogP contribution in [0.15, 0.2) is 18.2 Å². The first-order valence-electron chi connectivity index (χ1n) is 6.46. The fourth-order valence-corrected chi connectivity index (χ4v) is 2.30. The number of methoxy groups -OCH3 is 2. The second-order valence-corrected chi connectivity index (χ2v) is 4.68. The molecule has 1 aliphatic heterocycles. The zero-order valence-corrected chi connectivity index (χ0v) is 11.2. The van der Waals surface area contributed by atoms with Gasteiger partial charge >= 0.3 is 0 Å². The zero-order chi connectivity index (χ0) is 12.8. The highest BCUT2D eigenvalue weighted by Crippen LogP contribution is 2.27. The summed E-state index contributed by atoms with van der Waals surface area (Å²) in [6, 6.07) is 6.05. The van der Waals surface area contributed by atoms with E-state index in [4.69, 9.17) is 9.47 Å². The molecule has 0 amide bonds. The number of hydrogen-bond acceptors (Lipinski definition) is 4. The van der Waals surface area contributed by atoms with E-state index in [0.29, 0.717) is 0 Å². The van der Waals surface area contributed by atoms with Crippen LogP contribution in [0.25, 0.3) is 0 Å². The van der Waals surface area contributed by atoms with Gasteiger partial charge in [0.1, 0.15) is 0 Å². The largest absolute Gasteiger partial charge is 0.493 e. The molecule has 2 N–H and O–H groups in total. The highest BCUT2D eigenvalue weighted by Gasteiger charge is 2.13. The van der Waals surface area contributed by atoms with Gasteiger partial charge in [0.15, 0.2) is 11.5 Å². The third kappa shape index (κ3) is 3.37. The molecule has 4 nitrogen and oxygen atoms in total. The van der Waals surface area contributed by atoms with Crippen LogP contribution >= 0.6 is 0 Å². The highest BCUT2D eigenvalue weighted by atomic mass is 16.5. The smallest absolute Gasteiger partial charge is 0.161 e. The Morgan fingerprint density at radius 1 is 1.28 bits per heavy atom. The molecule has 1 heterocycles. The lowest BCUT2D eigenvalue weighted by atomic mass is 10.1. The first-order valence-corrected chi connectivity index (χ1v) is 6.46. The van der Waals surface area contributed by atoms with Gasteiger partial charge in [-0.1, -0.05) is 6.07 Å². The fourth-order valence-electron chi connectivity index (χ4n) is 2.30. The number of ether oxygens (including phenoxy) is 2. The van der Waals surface area contributed by atoms with Crippen LogP contribution < -0.4 is 20.1 Å². The summed E-state index contributed by atoms with van der Waals surface area (Å²) in [5.41, 5.74) is 1.22. The Hall–Kier alpha value is -1.26. The summed E-state index contributed by atoms with van der Waals surface area (Å²) in [5, 5.41) is 6.87. The monoisotopic (exact) mass is 250 g/mol. The number of benzene rings is 1. The van der Waals surface area contributed by atoms with E-state index in [1.807, 2.05) is 12.1 Å². The number of rotatable bonds is 6. The van der Waals surface area contributed by atoms with E-state index in [1.165, 1.54) is 12.0 Å². The third-order valence-corrected chi connectivity index (χ3v) is 3.37. The summed E-state index contributed by atoms with van der Waals surface area (Å²) < 4.78 is 10.5. The van der Waals surface area contributed by atoms with E-state index < -0.39 is 0 Å². The zero-order valence-electron chi connectivity index (χ0n) is 11.2. The predicted octanol–water partition coefficient (Wildman–Crippen LogP) is 1.40. The standard InChI is InChI=1S/C14H22N2O2/c1-17-13-4-3-11(7-14(13)18-2)8-16-10-12-5-6-15-9-12/h3-4,7,12,15-16H,5-6,8-10H2,1-2H3. The fraction of sp³-hybridized carbons (Fsp3) is 0.571. The summed E-state index contributed by atoms with van der Waals surface area (Å²) in [6.07, 6.45) is 1.28. The molecule has 100 valence electrons. The molecule has 1 aliphatic rings. The van der Waals surface area contributed by atoms with Crippen LogP contribution in [0.1, 0.15) is 12.0 Å². The highest BCUT2D eigenvalue weighted by molar-refractivity contribution is 5.42. The first kappa shape index (κ1) is 13.2. The van der Waals surface area contributed by atoms with Gasteiger partial charge in [-0.2, -0.15) is 0 Å². The van der Waals surface area contributed by atoms with E-state index >= 15 is 0 Å². The molecule has 1 fully saturated rings. The number of hydrogen-bond donors (Lipinski definition) is 2. The van der Waals surface area contributed by atoms with Gasteiger partial charge in [-0.05, 0) is 49.7 Å². The van der Waals surface area contributed by atoms with Gasteiger partial charge in [0.2, 0.25) is 0 Å². The Labute approximate surface area is 109 Å². The SMILES string of the molecule is COc1ccc(CNCC2CCNC2)cc1OC. The number of nitrogens with one attached hydrogen (secondary N) is 2. The predicted molar refractivity (Wildman–Crippen MR) is 72.2 cm³/mol. The van der Waals surface area contributed by atoms with Crippen molar-refractivity contribution in [3.8, 4) is 11.5 Å². The first-order chi connectivity index (χ1) is 8.83. The molecule has 0 aromatic heterocycles. The van der Waals surface area contributed by atoms with Crippen LogP contribution in [-0.4, -0.2) is 33.9 Å². The van der Waals surface area contributed by atoms with Crippen LogP contribution in [0.3, 0.4) is 0 Å². The molecule has 1 unspecified atom stereocenters. The van der Waals surface area contributed by atoms with Crippen LogP contribution in [0.5, 0.6) is 11.5 Å². The molecule has 0 spiro atoms. The van der Waals surface area contributed by atoms with Gasteiger partial charge in [-0.15, -0.1) is 0 Å². The Morgan fingerprint density at radius 2 is 2.11 bits per heavy atom.